The molecule has 1 aliphatic rings. The van der Waals surface area contributed by atoms with Crippen molar-refractivity contribution in [3.63, 3.8) is 0 Å². The van der Waals surface area contributed by atoms with E-state index in [1.807, 2.05) is 12.1 Å². The first-order valence-electron chi connectivity index (χ1n) is 3.67. The van der Waals surface area contributed by atoms with Crippen molar-refractivity contribution in [3.8, 4) is 5.75 Å². The second kappa shape index (κ2) is 4.58. The molecule has 0 saturated carbocycles. The maximum absolute atomic E-state index is 5.42. The second-order valence-electron chi connectivity index (χ2n) is 2.56. The normalized spacial score (nSPS) is 14.2. The Morgan fingerprint density at radius 3 is 2.91 bits per heavy atom. The van der Waals surface area contributed by atoms with Gasteiger partial charge in [0.25, 0.3) is 0 Å². The van der Waals surface area contributed by atoms with E-state index in [1.54, 1.807) is 0 Å². The Morgan fingerprint density at radius 1 is 1.27 bits per heavy atom. The van der Waals surface area contributed by atoms with Crippen molar-refractivity contribution in [1.82, 2.24) is 0 Å². The summed E-state index contributed by atoms with van der Waals surface area (Å²) in [4.78, 5) is 0. The van der Waals surface area contributed by atoms with E-state index in [4.69, 9.17) is 4.74 Å². The molecule has 0 aromatic heterocycles. The van der Waals surface area contributed by atoms with E-state index in [0.29, 0.717) is 0 Å². The van der Waals surface area contributed by atoms with Crippen LogP contribution in [0.15, 0.2) is 24.3 Å². The van der Waals surface area contributed by atoms with Crippen LogP contribution in [-0.2, 0) is 6.42 Å². The van der Waals surface area contributed by atoms with Gasteiger partial charge < -0.3 is 7.59 Å². The zero-order valence-electron chi connectivity index (χ0n) is 8.55. The minimum absolute atomic E-state index is 0. The number of aryl methyl sites for hydroxylation is 1. The smallest absolute Gasteiger partial charge is 1.00 e. The average molecular weight is 274 g/mol. The SMILES string of the molecule is [Ba+2].[H-].[H-].c1ccc2c(c1)CCCO2. The van der Waals surface area contributed by atoms with Crippen LogP contribution in [0.2, 0.25) is 0 Å². The Morgan fingerprint density at radius 2 is 2.09 bits per heavy atom. The average Bonchev–Trinajstić information content (AvgIpc) is 2.05. The van der Waals surface area contributed by atoms with Crippen LogP contribution in [-0.4, -0.2) is 55.5 Å². The van der Waals surface area contributed by atoms with E-state index >= 15 is 0 Å². The van der Waals surface area contributed by atoms with Gasteiger partial charge in [-0.3, -0.25) is 0 Å². The molecule has 0 bridgehead atoms. The quantitative estimate of drug-likeness (QED) is 0.656. The van der Waals surface area contributed by atoms with Gasteiger partial charge in [-0.1, -0.05) is 18.2 Å². The van der Waals surface area contributed by atoms with Crippen molar-refractivity contribution >= 4 is 48.9 Å². The van der Waals surface area contributed by atoms with Crippen molar-refractivity contribution in [2.45, 2.75) is 12.8 Å². The van der Waals surface area contributed by atoms with Gasteiger partial charge in [-0.2, -0.15) is 0 Å². The van der Waals surface area contributed by atoms with E-state index in [2.05, 4.69) is 12.1 Å². The van der Waals surface area contributed by atoms with Gasteiger partial charge in [0.05, 0.1) is 6.61 Å². The van der Waals surface area contributed by atoms with Gasteiger partial charge in [-0.15, -0.1) is 0 Å². The van der Waals surface area contributed by atoms with E-state index < -0.39 is 0 Å². The Bertz CT molecular complexity index is 218. The summed E-state index contributed by atoms with van der Waals surface area (Å²) in [5, 5.41) is 0. The van der Waals surface area contributed by atoms with Crippen LogP contribution in [0.5, 0.6) is 5.75 Å². The maximum Gasteiger partial charge on any atom is 2.00 e. The molecule has 0 atom stereocenters. The van der Waals surface area contributed by atoms with Crippen LogP contribution < -0.4 is 4.74 Å². The summed E-state index contributed by atoms with van der Waals surface area (Å²) in [6, 6.07) is 8.25. The molecule has 1 heterocycles. The molecule has 0 amide bonds. The Balaban J connectivity index is 0. The summed E-state index contributed by atoms with van der Waals surface area (Å²) in [6.07, 6.45) is 2.34. The monoisotopic (exact) mass is 274 g/mol. The number of ether oxygens (including phenoxy) is 1. The first-order valence-corrected chi connectivity index (χ1v) is 3.67. The predicted molar refractivity (Wildman–Crippen MR) is 48.2 cm³/mol. The molecule has 1 aromatic carbocycles. The van der Waals surface area contributed by atoms with Crippen molar-refractivity contribution < 1.29 is 7.59 Å². The van der Waals surface area contributed by atoms with E-state index in [9.17, 15) is 0 Å². The van der Waals surface area contributed by atoms with Crippen molar-refractivity contribution in [2.24, 2.45) is 0 Å². The van der Waals surface area contributed by atoms with Crippen molar-refractivity contribution in [2.75, 3.05) is 6.61 Å². The third-order valence-corrected chi connectivity index (χ3v) is 1.82. The van der Waals surface area contributed by atoms with E-state index in [0.717, 1.165) is 18.8 Å². The number of hydrogen-bond donors (Lipinski definition) is 0. The Labute approximate surface area is 110 Å². The molecule has 2 rings (SSSR count). The molecule has 1 aliphatic heterocycles. The zero-order chi connectivity index (χ0) is 6.81. The zero-order valence-corrected chi connectivity index (χ0v) is 11.0. The first kappa shape index (κ1) is 9.68. The van der Waals surface area contributed by atoms with Crippen LogP contribution >= 0.6 is 0 Å². The number of hydrogen-bond acceptors (Lipinski definition) is 1. The molecule has 0 fully saturated rings. The number of para-hydroxylation sites is 1. The molecule has 1 aromatic rings. The third-order valence-electron chi connectivity index (χ3n) is 1.82. The van der Waals surface area contributed by atoms with Crippen LogP contribution in [0.25, 0.3) is 0 Å². The van der Waals surface area contributed by atoms with Crippen LogP contribution in [0.3, 0.4) is 0 Å². The molecular weight excluding hydrogens is 261 g/mol. The fourth-order valence-corrected chi connectivity index (χ4v) is 1.30. The summed E-state index contributed by atoms with van der Waals surface area (Å²) >= 11 is 0. The van der Waals surface area contributed by atoms with Gasteiger partial charge in [0.1, 0.15) is 5.75 Å². The molecule has 1 nitrogen and oxygen atoms in total. The van der Waals surface area contributed by atoms with Crippen LogP contribution in [0.1, 0.15) is 14.8 Å². The molecule has 0 saturated heterocycles. The van der Waals surface area contributed by atoms with Crippen molar-refractivity contribution in [1.29, 1.82) is 0 Å². The van der Waals surface area contributed by atoms with E-state index in [-0.39, 0.29) is 51.7 Å². The summed E-state index contributed by atoms with van der Waals surface area (Å²) in [6.45, 7) is 0.886. The number of rotatable bonds is 0. The molecule has 0 aliphatic carbocycles. The molecule has 0 radical (unpaired) electrons. The number of fused-ring (bicyclic) bond motifs is 1. The fraction of sp³-hybridized carbons (Fsp3) is 0.333. The van der Waals surface area contributed by atoms with Gasteiger partial charge in [-0.25, -0.2) is 0 Å². The first-order chi connectivity index (χ1) is 4.97. The molecule has 2 heteroatoms. The summed E-state index contributed by atoms with van der Waals surface area (Å²) in [5.41, 5.74) is 1.36. The molecule has 0 N–H and O–H groups in total. The Kier molecular flexibility index (Phi) is 4.03. The topological polar surface area (TPSA) is 9.23 Å². The third kappa shape index (κ3) is 2.26. The van der Waals surface area contributed by atoms with Gasteiger partial charge >= 0.3 is 48.9 Å². The predicted octanol–water partition coefficient (Wildman–Crippen LogP) is 1.86. The standard InChI is InChI=1S/C9H10O.Ba.2H/c1-2-6-9-8(4-1)5-3-7-10-9;;;/h1-2,4,6H,3,5,7H2;;;/q;+2;2*-1. The molecule has 11 heavy (non-hydrogen) atoms. The molecule has 0 unspecified atom stereocenters. The van der Waals surface area contributed by atoms with Gasteiger partial charge in [0, 0.05) is 0 Å². The van der Waals surface area contributed by atoms with Crippen molar-refractivity contribution in [3.05, 3.63) is 29.8 Å². The minimum atomic E-state index is 0. The van der Waals surface area contributed by atoms with E-state index in [1.165, 1.54) is 12.0 Å². The molecular formula is C9H12BaO. The van der Waals surface area contributed by atoms with Gasteiger partial charge in [0.15, 0.2) is 0 Å². The number of benzene rings is 1. The largest absolute Gasteiger partial charge is 2.00 e. The summed E-state index contributed by atoms with van der Waals surface area (Å²) < 4.78 is 5.42. The van der Waals surface area contributed by atoms with Gasteiger partial charge in [0.2, 0.25) is 0 Å². The second-order valence-corrected chi connectivity index (χ2v) is 2.56. The minimum Gasteiger partial charge on any atom is -1.00 e. The summed E-state index contributed by atoms with van der Waals surface area (Å²) in [5.74, 6) is 1.08. The summed E-state index contributed by atoms with van der Waals surface area (Å²) in [7, 11) is 0. The Hall–Kier alpha value is 0.591. The van der Waals surface area contributed by atoms with Crippen LogP contribution in [0, 0.1) is 0 Å². The molecule has 0 spiro atoms. The fourth-order valence-electron chi connectivity index (χ4n) is 1.30. The van der Waals surface area contributed by atoms with Gasteiger partial charge in [-0.05, 0) is 24.5 Å². The van der Waals surface area contributed by atoms with Crippen LogP contribution in [0.4, 0.5) is 0 Å². The maximum atomic E-state index is 5.42. The molecule has 56 valence electrons.